The van der Waals surface area contributed by atoms with Gasteiger partial charge >= 0.3 is 0 Å². The number of furan rings is 1. The molecule has 0 radical (unpaired) electrons. The van der Waals surface area contributed by atoms with Crippen molar-refractivity contribution in [1.29, 1.82) is 0 Å². The summed E-state index contributed by atoms with van der Waals surface area (Å²) in [6.07, 6.45) is 5.66. The second kappa shape index (κ2) is 6.59. The number of nitrogens with zero attached hydrogens (tertiary/aromatic N) is 2. The van der Waals surface area contributed by atoms with Crippen LogP contribution in [0.3, 0.4) is 0 Å². The summed E-state index contributed by atoms with van der Waals surface area (Å²) >= 11 is 0. The van der Waals surface area contributed by atoms with E-state index in [9.17, 15) is 4.79 Å². The standard InChI is InChI=1S/C20H21N3O2/c1-14-7-8-18(25-14)15-4-2-5-16(12-15)20(24)23-11-3-6-17(13-23)19-21-9-10-22-19/h2,4-5,7-10,12,17H,3,6,11,13H2,1H3,(H,21,22). The van der Waals surface area contributed by atoms with Gasteiger partial charge in [-0.1, -0.05) is 12.1 Å². The van der Waals surface area contributed by atoms with E-state index in [-0.39, 0.29) is 11.8 Å². The highest BCUT2D eigenvalue weighted by Crippen LogP contribution is 2.27. The van der Waals surface area contributed by atoms with E-state index in [0.717, 1.165) is 42.3 Å². The van der Waals surface area contributed by atoms with Gasteiger partial charge in [0.2, 0.25) is 0 Å². The minimum Gasteiger partial charge on any atom is -0.461 e. The minimum atomic E-state index is 0.0707. The number of hydrogen-bond acceptors (Lipinski definition) is 3. The van der Waals surface area contributed by atoms with Crippen LogP contribution in [-0.2, 0) is 0 Å². The van der Waals surface area contributed by atoms with Gasteiger partial charge in [-0.2, -0.15) is 0 Å². The van der Waals surface area contributed by atoms with E-state index >= 15 is 0 Å². The van der Waals surface area contributed by atoms with Gasteiger partial charge in [0.05, 0.1) is 0 Å². The SMILES string of the molecule is Cc1ccc(-c2cccc(C(=O)N3CCCC(c4ncc[nH]4)C3)c2)o1. The van der Waals surface area contributed by atoms with Crippen LogP contribution in [0.25, 0.3) is 11.3 Å². The zero-order chi connectivity index (χ0) is 17.2. The number of hydrogen-bond donors (Lipinski definition) is 1. The van der Waals surface area contributed by atoms with Gasteiger partial charge in [-0.25, -0.2) is 4.98 Å². The van der Waals surface area contributed by atoms with Gasteiger partial charge in [-0.3, -0.25) is 4.79 Å². The Kier molecular flexibility index (Phi) is 4.14. The number of aromatic amines is 1. The zero-order valence-electron chi connectivity index (χ0n) is 14.2. The summed E-state index contributed by atoms with van der Waals surface area (Å²) in [4.78, 5) is 22.4. The van der Waals surface area contributed by atoms with E-state index in [1.165, 1.54) is 0 Å². The molecule has 3 heterocycles. The molecule has 1 aliphatic heterocycles. The summed E-state index contributed by atoms with van der Waals surface area (Å²) in [5.41, 5.74) is 1.63. The van der Waals surface area contributed by atoms with Crippen LogP contribution < -0.4 is 0 Å². The van der Waals surface area contributed by atoms with E-state index in [1.807, 2.05) is 54.4 Å². The molecule has 1 aromatic carbocycles. The highest BCUT2D eigenvalue weighted by molar-refractivity contribution is 5.95. The lowest BCUT2D eigenvalue weighted by Gasteiger charge is -2.32. The molecule has 5 heteroatoms. The van der Waals surface area contributed by atoms with Crippen molar-refractivity contribution in [3.05, 3.63) is 65.9 Å². The van der Waals surface area contributed by atoms with Crippen LogP contribution in [0.5, 0.6) is 0 Å². The van der Waals surface area contributed by atoms with Crippen LogP contribution >= 0.6 is 0 Å². The molecule has 128 valence electrons. The maximum atomic E-state index is 13.0. The molecular weight excluding hydrogens is 314 g/mol. The maximum absolute atomic E-state index is 13.0. The van der Waals surface area contributed by atoms with Crippen molar-refractivity contribution >= 4 is 5.91 Å². The number of benzene rings is 1. The average molecular weight is 335 g/mol. The predicted molar refractivity (Wildman–Crippen MR) is 95.3 cm³/mol. The Morgan fingerprint density at radius 3 is 3.00 bits per heavy atom. The van der Waals surface area contributed by atoms with Gasteiger partial charge in [0.1, 0.15) is 17.3 Å². The molecule has 4 rings (SSSR count). The van der Waals surface area contributed by atoms with Crippen molar-refractivity contribution in [3.63, 3.8) is 0 Å². The van der Waals surface area contributed by atoms with Crippen LogP contribution in [0.15, 0.2) is 53.2 Å². The zero-order valence-corrected chi connectivity index (χ0v) is 14.2. The summed E-state index contributed by atoms with van der Waals surface area (Å²) < 4.78 is 5.68. The number of rotatable bonds is 3. The fourth-order valence-corrected chi connectivity index (χ4v) is 3.46. The molecule has 1 unspecified atom stereocenters. The number of aryl methyl sites for hydroxylation is 1. The van der Waals surface area contributed by atoms with E-state index in [1.54, 1.807) is 6.20 Å². The maximum Gasteiger partial charge on any atom is 0.253 e. The minimum absolute atomic E-state index is 0.0707. The third-order valence-electron chi connectivity index (χ3n) is 4.75. The fourth-order valence-electron chi connectivity index (χ4n) is 3.46. The number of carbonyl (C=O) groups is 1. The molecule has 0 aliphatic carbocycles. The lowest BCUT2D eigenvalue weighted by atomic mass is 9.96. The Labute approximate surface area is 146 Å². The van der Waals surface area contributed by atoms with Crippen LogP contribution in [0, 0.1) is 6.92 Å². The predicted octanol–water partition coefficient (Wildman–Crippen LogP) is 4.00. The summed E-state index contributed by atoms with van der Waals surface area (Å²) in [7, 11) is 0. The Morgan fingerprint density at radius 1 is 1.32 bits per heavy atom. The molecule has 0 saturated carbocycles. The quantitative estimate of drug-likeness (QED) is 0.787. The van der Waals surface area contributed by atoms with Crippen molar-refractivity contribution in [1.82, 2.24) is 14.9 Å². The summed E-state index contributed by atoms with van der Waals surface area (Å²) in [5.74, 6) is 2.98. The first-order chi connectivity index (χ1) is 12.2. The third-order valence-corrected chi connectivity index (χ3v) is 4.75. The van der Waals surface area contributed by atoms with Crippen molar-refractivity contribution in [2.75, 3.05) is 13.1 Å². The number of H-pyrrole nitrogens is 1. The molecule has 1 atom stereocenters. The highest BCUT2D eigenvalue weighted by atomic mass is 16.3. The Balaban J connectivity index is 1.54. The summed E-state index contributed by atoms with van der Waals surface area (Å²) in [6.45, 7) is 3.41. The molecule has 3 aromatic rings. The first-order valence-corrected chi connectivity index (χ1v) is 8.66. The fraction of sp³-hybridized carbons (Fsp3) is 0.300. The monoisotopic (exact) mass is 335 g/mol. The smallest absolute Gasteiger partial charge is 0.253 e. The van der Waals surface area contributed by atoms with Crippen molar-refractivity contribution < 1.29 is 9.21 Å². The number of imidazole rings is 1. The molecule has 2 aromatic heterocycles. The number of aromatic nitrogens is 2. The molecule has 1 fully saturated rings. The number of amides is 1. The van der Waals surface area contributed by atoms with E-state index < -0.39 is 0 Å². The van der Waals surface area contributed by atoms with Crippen LogP contribution in [0.4, 0.5) is 0 Å². The summed E-state index contributed by atoms with van der Waals surface area (Å²) in [5, 5.41) is 0. The van der Waals surface area contributed by atoms with Crippen molar-refractivity contribution in [2.24, 2.45) is 0 Å². The average Bonchev–Trinajstić information content (AvgIpc) is 3.33. The van der Waals surface area contributed by atoms with Crippen molar-refractivity contribution in [2.45, 2.75) is 25.7 Å². The number of carbonyl (C=O) groups excluding carboxylic acids is 1. The molecule has 1 N–H and O–H groups in total. The lowest BCUT2D eigenvalue weighted by molar-refractivity contribution is 0.0705. The van der Waals surface area contributed by atoms with Gasteiger partial charge < -0.3 is 14.3 Å². The molecule has 1 saturated heterocycles. The van der Waals surface area contributed by atoms with Crippen LogP contribution in [-0.4, -0.2) is 33.9 Å². The lowest BCUT2D eigenvalue weighted by Crippen LogP contribution is -2.39. The van der Waals surface area contributed by atoms with Gasteiger partial charge in [0.15, 0.2) is 0 Å². The largest absolute Gasteiger partial charge is 0.461 e. The van der Waals surface area contributed by atoms with Gasteiger partial charge in [-0.05, 0) is 44.0 Å². The van der Waals surface area contributed by atoms with E-state index in [2.05, 4.69) is 9.97 Å². The van der Waals surface area contributed by atoms with Gasteiger partial charge in [0, 0.05) is 42.5 Å². The van der Waals surface area contributed by atoms with E-state index in [4.69, 9.17) is 4.42 Å². The molecule has 0 spiro atoms. The van der Waals surface area contributed by atoms with Crippen molar-refractivity contribution in [3.8, 4) is 11.3 Å². The molecule has 1 amide bonds. The third kappa shape index (κ3) is 3.22. The second-order valence-electron chi connectivity index (χ2n) is 6.56. The second-order valence-corrected chi connectivity index (χ2v) is 6.56. The molecular formula is C20H21N3O2. The highest BCUT2D eigenvalue weighted by Gasteiger charge is 2.27. The molecule has 5 nitrogen and oxygen atoms in total. The Hall–Kier alpha value is -2.82. The first-order valence-electron chi connectivity index (χ1n) is 8.66. The topological polar surface area (TPSA) is 62.1 Å². The number of likely N-dealkylation sites (tertiary alicyclic amines) is 1. The molecule has 1 aliphatic rings. The van der Waals surface area contributed by atoms with Gasteiger partial charge in [0.25, 0.3) is 5.91 Å². The Bertz CT molecular complexity index is 867. The van der Waals surface area contributed by atoms with Crippen LogP contribution in [0.1, 0.15) is 40.7 Å². The number of piperidine rings is 1. The van der Waals surface area contributed by atoms with Gasteiger partial charge in [-0.15, -0.1) is 0 Å². The molecule has 25 heavy (non-hydrogen) atoms. The first kappa shape index (κ1) is 15.7. The molecule has 0 bridgehead atoms. The van der Waals surface area contributed by atoms with Crippen LogP contribution in [0.2, 0.25) is 0 Å². The van der Waals surface area contributed by atoms with E-state index in [0.29, 0.717) is 12.1 Å². The Morgan fingerprint density at radius 2 is 2.24 bits per heavy atom. The number of nitrogens with one attached hydrogen (secondary N) is 1. The normalized spacial score (nSPS) is 17.6. The summed E-state index contributed by atoms with van der Waals surface area (Å²) in [6, 6.07) is 11.5.